The largest absolute Gasteiger partial charge is 0.481 e. The van der Waals surface area contributed by atoms with E-state index in [0.717, 1.165) is 16.3 Å². The van der Waals surface area contributed by atoms with Crippen LogP contribution >= 0.6 is 0 Å². The molecule has 16 heavy (non-hydrogen) atoms. The summed E-state index contributed by atoms with van der Waals surface area (Å²) in [5.41, 5.74) is 1.11. The average Bonchev–Trinajstić information content (AvgIpc) is 2.27. The first-order valence-electron chi connectivity index (χ1n) is 5.38. The second-order valence-electron chi connectivity index (χ2n) is 4.07. The lowest BCUT2D eigenvalue weighted by atomic mass is 9.93. The Morgan fingerprint density at radius 1 is 1.19 bits per heavy atom. The first-order chi connectivity index (χ1) is 7.68. The number of fused-ring (bicyclic) bond motifs is 1. The summed E-state index contributed by atoms with van der Waals surface area (Å²) in [5.74, 6) is -0.705. The predicted molar refractivity (Wildman–Crippen MR) is 64.6 cm³/mol. The topological polar surface area (TPSA) is 37.3 Å². The summed E-state index contributed by atoms with van der Waals surface area (Å²) in [5, 5.41) is 11.1. The van der Waals surface area contributed by atoms with E-state index in [9.17, 15) is 4.79 Å². The number of rotatable bonds is 3. The molecule has 0 bridgehead atoms. The summed E-state index contributed by atoms with van der Waals surface area (Å²) >= 11 is 0. The van der Waals surface area contributed by atoms with Gasteiger partial charge in [-0.1, -0.05) is 49.4 Å². The highest BCUT2D eigenvalue weighted by Crippen LogP contribution is 2.27. The number of aliphatic carboxylic acids is 1. The summed E-state index contributed by atoms with van der Waals surface area (Å²) in [6, 6.07) is 14.1. The molecular formula is C14H14O2. The van der Waals surface area contributed by atoms with E-state index in [1.807, 2.05) is 49.4 Å². The fraction of sp³-hybridized carbons (Fsp3) is 0.214. The maximum Gasteiger partial charge on any atom is 0.303 e. The van der Waals surface area contributed by atoms with Gasteiger partial charge in [-0.3, -0.25) is 4.79 Å². The number of carboxylic acids is 1. The Morgan fingerprint density at radius 3 is 2.62 bits per heavy atom. The third-order valence-electron chi connectivity index (χ3n) is 2.84. The van der Waals surface area contributed by atoms with Crippen molar-refractivity contribution in [2.24, 2.45) is 0 Å². The molecular weight excluding hydrogens is 200 g/mol. The van der Waals surface area contributed by atoms with Crippen molar-refractivity contribution in [3.05, 3.63) is 48.0 Å². The molecule has 0 aromatic heterocycles. The normalized spacial score (nSPS) is 12.6. The highest BCUT2D eigenvalue weighted by Gasteiger charge is 2.12. The van der Waals surface area contributed by atoms with Crippen molar-refractivity contribution in [1.29, 1.82) is 0 Å². The lowest BCUT2D eigenvalue weighted by molar-refractivity contribution is -0.137. The Morgan fingerprint density at radius 2 is 1.88 bits per heavy atom. The molecule has 0 aliphatic rings. The Hall–Kier alpha value is -1.83. The SMILES string of the molecule is C[C@@H](CC(=O)O)c1cccc2ccccc12. The Labute approximate surface area is 94.5 Å². The molecule has 2 aromatic carbocycles. The first kappa shape index (κ1) is 10.7. The van der Waals surface area contributed by atoms with Gasteiger partial charge in [0, 0.05) is 0 Å². The summed E-state index contributed by atoms with van der Waals surface area (Å²) in [6.07, 6.45) is 0.175. The molecule has 82 valence electrons. The molecule has 0 saturated carbocycles. The monoisotopic (exact) mass is 214 g/mol. The molecule has 0 spiro atoms. The van der Waals surface area contributed by atoms with Gasteiger partial charge in [0.1, 0.15) is 0 Å². The molecule has 0 fully saturated rings. The molecule has 0 unspecified atom stereocenters. The van der Waals surface area contributed by atoms with Gasteiger partial charge in [0.25, 0.3) is 0 Å². The molecule has 1 atom stereocenters. The van der Waals surface area contributed by atoms with Crippen LogP contribution in [0.4, 0.5) is 0 Å². The maximum atomic E-state index is 10.7. The minimum atomic E-state index is -0.750. The standard InChI is InChI=1S/C14H14O2/c1-10(9-14(15)16)12-8-4-6-11-5-2-3-7-13(11)12/h2-8,10H,9H2,1H3,(H,15,16)/t10-/m0/s1. The average molecular weight is 214 g/mol. The summed E-state index contributed by atoms with van der Waals surface area (Å²) in [6.45, 7) is 1.95. The van der Waals surface area contributed by atoms with Gasteiger partial charge >= 0.3 is 5.97 Å². The molecule has 0 radical (unpaired) electrons. The molecule has 0 aliphatic heterocycles. The second-order valence-corrected chi connectivity index (χ2v) is 4.07. The fourth-order valence-electron chi connectivity index (χ4n) is 2.05. The molecule has 0 heterocycles. The van der Waals surface area contributed by atoms with Crippen molar-refractivity contribution >= 4 is 16.7 Å². The molecule has 0 aliphatic carbocycles. The zero-order chi connectivity index (χ0) is 11.5. The van der Waals surface area contributed by atoms with Gasteiger partial charge in [-0.25, -0.2) is 0 Å². The summed E-state index contributed by atoms with van der Waals surface area (Å²) in [7, 11) is 0. The predicted octanol–water partition coefficient (Wildman–Crippen LogP) is 3.42. The number of hydrogen-bond acceptors (Lipinski definition) is 1. The number of carboxylic acid groups (broad SMARTS) is 1. The van der Waals surface area contributed by atoms with Gasteiger partial charge in [-0.15, -0.1) is 0 Å². The van der Waals surface area contributed by atoms with Crippen LogP contribution in [0.5, 0.6) is 0 Å². The Kier molecular flexibility index (Phi) is 2.91. The van der Waals surface area contributed by atoms with Gasteiger partial charge in [0.2, 0.25) is 0 Å². The van der Waals surface area contributed by atoms with Crippen LogP contribution in [-0.4, -0.2) is 11.1 Å². The Balaban J connectivity index is 2.47. The van der Waals surface area contributed by atoms with E-state index < -0.39 is 5.97 Å². The minimum absolute atomic E-state index is 0.0450. The maximum absolute atomic E-state index is 10.7. The van der Waals surface area contributed by atoms with Gasteiger partial charge in [0.15, 0.2) is 0 Å². The van der Waals surface area contributed by atoms with Crippen LogP contribution in [0.25, 0.3) is 10.8 Å². The highest BCUT2D eigenvalue weighted by atomic mass is 16.4. The van der Waals surface area contributed by atoms with Crippen LogP contribution in [0.1, 0.15) is 24.8 Å². The lowest BCUT2D eigenvalue weighted by Crippen LogP contribution is -2.03. The van der Waals surface area contributed by atoms with Crippen molar-refractivity contribution in [1.82, 2.24) is 0 Å². The molecule has 0 amide bonds. The molecule has 2 rings (SSSR count). The van der Waals surface area contributed by atoms with Gasteiger partial charge in [-0.05, 0) is 22.3 Å². The third kappa shape index (κ3) is 2.06. The first-order valence-corrected chi connectivity index (χ1v) is 5.38. The highest BCUT2D eigenvalue weighted by molar-refractivity contribution is 5.86. The van der Waals surface area contributed by atoms with Gasteiger partial charge < -0.3 is 5.11 Å². The number of hydrogen-bond donors (Lipinski definition) is 1. The number of benzene rings is 2. The van der Waals surface area contributed by atoms with Crippen LogP contribution in [0.2, 0.25) is 0 Å². The zero-order valence-electron chi connectivity index (χ0n) is 9.18. The lowest BCUT2D eigenvalue weighted by Gasteiger charge is -2.12. The Bertz CT molecular complexity index is 512. The van der Waals surface area contributed by atoms with Crippen molar-refractivity contribution in [2.75, 3.05) is 0 Å². The fourth-order valence-corrected chi connectivity index (χ4v) is 2.05. The summed E-state index contributed by atoms with van der Waals surface area (Å²) < 4.78 is 0. The molecule has 2 aromatic rings. The van der Waals surface area contributed by atoms with E-state index in [2.05, 4.69) is 0 Å². The van der Waals surface area contributed by atoms with E-state index in [1.54, 1.807) is 0 Å². The van der Waals surface area contributed by atoms with E-state index in [4.69, 9.17) is 5.11 Å². The second kappa shape index (κ2) is 4.35. The smallest absolute Gasteiger partial charge is 0.303 e. The number of carbonyl (C=O) groups is 1. The van der Waals surface area contributed by atoms with Crippen LogP contribution in [0.15, 0.2) is 42.5 Å². The molecule has 2 nitrogen and oxygen atoms in total. The molecule has 1 N–H and O–H groups in total. The summed E-state index contributed by atoms with van der Waals surface area (Å²) in [4.78, 5) is 10.7. The van der Waals surface area contributed by atoms with Crippen molar-refractivity contribution in [3.8, 4) is 0 Å². The third-order valence-corrected chi connectivity index (χ3v) is 2.84. The van der Waals surface area contributed by atoms with Crippen molar-refractivity contribution in [3.63, 3.8) is 0 Å². The van der Waals surface area contributed by atoms with Crippen LogP contribution in [0, 0.1) is 0 Å². The van der Waals surface area contributed by atoms with Crippen LogP contribution in [0.3, 0.4) is 0 Å². The van der Waals surface area contributed by atoms with E-state index in [1.165, 1.54) is 0 Å². The van der Waals surface area contributed by atoms with Gasteiger partial charge in [-0.2, -0.15) is 0 Å². The van der Waals surface area contributed by atoms with Crippen molar-refractivity contribution < 1.29 is 9.90 Å². The van der Waals surface area contributed by atoms with Crippen LogP contribution < -0.4 is 0 Å². The van der Waals surface area contributed by atoms with Crippen LogP contribution in [-0.2, 0) is 4.79 Å². The van der Waals surface area contributed by atoms with Gasteiger partial charge in [0.05, 0.1) is 6.42 Å². The molecule has 2 heteroatoms. The van der Waals surface area contributed by atoms with E-state index in [-0.39, 0.29) is 12.3 Å². The van der Waals surface area contributed by atoms with E-state index in [0.29, 0.717) is 0 Å². The molecule has 0 saturated heterocycles. The quantitative estimate of drug-likeness (QED) is 0.850. The minimum Gasteiger partial charge on any atom is -0.481 e. The van der Waals surface area contributed by atoms with Crippen molar-refractivity contribution in [2.45, 2.75) is 19.3 Å². The zero-order valence-corrected chi connectivity index (χ0v) is 9.18. The van der Waals surface area contributed by atoms with E-state index >= 15 is 0 Å².